The Kier molecular flexibility index (Phi) is 4.47. The Labute approximate surface area is 158 Å². The predicted molar refractivity (Wildman–Crippen MR) is 96.9 cm³/mol. The molecular weight excluding hydrogens is 367 g/mol. The van der Waals surface area contributed by atoms with Crippen LogP contribution in [0.4, 0.5) is 4.39 Å². The van der Waals surface area contributed by atoms with Gasteiger partial charge in [-0.05, 0) is 17.7 Å². The zero-order valence-corrected chi connectivity index (χ0v) is 15.5. The molecule has 0 amide bonds. The molecule has 9 nitrogen and oxygen atoms in total. The first-order chi connectivity index (χ1) is 13.5. The number of hydrogen-bond donors (Lipinski definition) is 0. The van der Waals surface area contributed by atoms with Gasteiger partial charge in [-0.25, -0.2) is 9.07 Å². The molecule has 3 aromatic heterocycles. The molecule has 10 heteroatoms. The van der Waals surface area contributed by atoms with Gasteiger partial charge in [-0.3, -0.25) is 4.79 Å². The molecule has 3 heterocycles. The van der Waals surface area contributed by atoms with Gasteiger partial charge < -0.3 is 9.47 Å². The van der Waals surface area contributed by atoms with E-state index in [4.69, 9.17) is 9.47 Å². The Hall–Kier alpha value is -3.40. The van der Waals surface area contributed by atoms with Gasteiger partial charge in [0, 0.05) is 14.2 Å². The third-order valence-corrected chi connectivity index (χ3v) is 4.39. The van der Waals surface area contributed by atoms with E-state index in [0.717, 1.165) is 5.56 Å². The molecule has 0 unspecified atom stereocenters. The number of fused-ring (bicyclic) bond motifs is 3. The van der Waals surface area contributed by atoms with Crippen LogP contribution in [0.2, 0.25) is 0 Å². The van der Waals surface area contributed by atoms with Crippen LogP contribution in [0.5, 0.6) is 0 Å². The van der Waals surface area contributed by atoms with Crippen LogP contribution >= 0.6 is 0 Å². The summed E-state index contributed by atoms with van der Waals surface area (Å²) in [6.45, 7) is 0.241. The van der Waals surface area contributed by atoms with Gasteiger partial charge in [0.25, 0.3) is 0 Å². The second-order valence-corrected chi connectivity index (χ2v) is 6.19. The number of carbonyl (C=O) groups is 1. The Morgan fingerprint density at radius 2 is 1.86 bits per heavy atom. The number of esters is 1. The Balaban J connectivity index is 1.98. The number of methoxy groups -OCH3 is 2. The van der Waals surface area contributed by atoms with Crippen LogP contribution in [0.25, 0.3) is 27.9 Å². The van der Waals surface area contributed by atoms with Crippen LogP contribution < -0.4 is 0 Å². The predicted octanol–water partition coefficient (Wildman–Crippen LogP) is 1.68. The first-order valence-corrected chi connectivity index (χ1v) is 8.45. The van der Waals surface area contributed by atoms with Gasteiger partial charge in [-0.1, -0.05) is 12.1 Å². The molecule has 1 aromatic carbocycles. The molecule has 0 radical (unpaired) electrons. The van der Waals surface area contributed by atoms with Gasteiger partial charge in [0.2, 0.25) is 0 Å². The molecule has 0 saturated heterocycles. The van der Waals surface area contributed by atoms with Crippen molar-refractivity contribution >= 4 is 22.8 Å². The lowest BCUT2D eigenvalue weighted by Gasteiger charge is -2.02. The SMILES string of the molecule is COCc1nn2c(nnc3c(CC(=O)OC)nn(C)c32)c1-c1ccc(F)cc1. The largest absolute Gasteiger partial charge is 0.469 e. The van der Waals surface area contributed by atoms with Crippen molar-refractivity contribution in [2.45, 2.75) is 13.0 Å². The van der Waals surface area contributed by atoms with Crippen molar-refractivity contribution in [1.29, 1.82) is 0 Å². The zero-order valence-electron chi connectivity index (χ0n) is 15.5. The molecule has 144 valence electrons. The van der Waals surface area contributed by atoms with Crippen molar-refractivity contribution in [2.24, 2.45) is 7.05 Å². The number of benzene rings is 1. The number of aromatic nitrogens is 6. The number of carbonyl (C=O) groups excluding carboxylic acids is 1. The maximum Gasteiger partial charge on any atom is 0.311 e. The van der Waals surface area contributed by atoms with Gasteiger partial charge >= 0.3 is 5.97 Å². The van der Waals surface area contributed by atoms with Crippen LogP contribution in [0, 0.1) is 5.82 Å². The minimum absolute atomic E-state index is 0.0228. The smallest absolute Gasteiger partial charge is 0.311 e. The molecule has 0 atom stereocenters. The number of hydrogen-bond acceptors (Lipinski definition) is 7. The van der Waals surface area contributed by atoms with Crippen molar-refractivity contribution in [3.8, 4) is 11.1 Å². The maximum absolute atomic E-state index is 13.4. The first-order valence-electron chi connectivity index (χ1n) is 8.45. The molecule has 4 aromatic rings. The van der Waals surface area contributed by atoms with E-state index in [1.807, 2.05) is 0 Å². The van der Waals surface area contributed by atoms with Gasteiger partial charge in [0.1, 0.15) is 11.5 Å². The molecule has 0 fully saturated rings. The van der Waals surface area contributed by atoms with Crippen molar-refractivity contribution in [3.63, 3.8) is 0 Å². The Morgan fingerprint density at radius 1 is 1.11 bits per heavy atom. The fraction of sp³-hybridized carbons (Fsp3) is 0.278. The monoisotopic (exact) mass is 384 g/mol. The number of aryl methyl sites for hydroxylation is 1. The normalized spacial score (nSPS) is 11.4. The van der Waals surface area contributed by atoms with E-state index in [0.29, 0.717) is 33.8 Å². The Bertz CT molecular complexity index is 1180. The van der Waals surface area contributed by atoms with Crippen LogP contribution in [0.15, 0.2) is 24.3 Å². The minimum atomic E-state index is -0.422. The summed E-state index contributed by atoms with van der Waals surface area (Å²) in [4.78, 5) is 11.7. The number of halogens is 1. The van der Waals surface area contributed by atoms with Gasteiger partial charge in [-0.15, -0.1) is 10.2 Å². The van der Waals surface area contributed by atoms with E-state index in [1.54, 1.807) is 35.5 Å². The average molecular weight is 384 g/mol. The number of ether oxygens (including phenoxy) is 2. The molecule has 0 spiro atoms. The van der Waals surface area contributed by atoms with E-state index < -0.39 is 5.97 Å². The highest BCUT2D eigenvalue weighted by Crippen LogP contribution is 2.30. The first kappa shape index (κ1) is 18.0. The second-order valence-electron chi connectivity index (χ2n) is 6.19. The van der Waals surface area contributed by atoms with Crippen molar-refractivity contribution in [2.75, 3.05) is 14.2 Å². The van der Waals surface area contributed by atoms with Crippen LogP contribution in [0.3, 0.4) is 0 Å². The fourth-order valence-electron chi connectivity index (χ4n) is 3.17. The summed E-state index contributed by atoms with van der Waals surface area (Å²) in [6.07, 6.45) is -0.0228. The van der Waals surface area contributed by atoms with E-state index in [2.05, 4.69) is 20.4 Å². The van der Waals surface area contributed by atoms with Crippen molar-refractivity contribution < 1.29 is 18.7 Å². The van der Waals surface area contributed by atoms with Gasteiger partial charge in [-0.2, -0.15) is 14.7 Å². The molecule has 0 aliphatic rings. The van der Waals surface area contributed by atoms with E-state index in [9.17, 15) is 9.18 Å². The van der Waals surface area contributed by atoms with Crippen molar-refractivity contribution in [3.05, 3.63) is 41.5 Å². The van der Waals surface area contributed by atoms with Gasteiger partial charge in [0.05, 0.1) is 31.4 Å². The summed E-state index contributed by atoms with van der Waals surface area (Å²) in [5.41, 5.74) is 4.05. The topological polar surface area (TPSA) is 96.4 Å². The lowest BCUT2D eigenvalue weighted by Crippen LogP contribution is -2.06. The van der Waals surface area contributed by atoms with E-state index in [1.165, 1.54) is 19.2 Å². The molecule has 4 rings (SSSR count). The summed E-state index contributed by atoms with van der Waals surface area (Å²) in [5.74, 6) is -0.754. The fourth-order valence-corrected chi connectivity index (χ4v) is 3.17. The molecule has 0 bridgehead atoms. The quantitative estimate of drug-likeness (QED) is 0.483. The molecular formula is C18H17FN6O3. The lowest BCUT2D eigenvalue weighted by atomic mass is 10.1. The average Bonchev–Trinajstić information content (AvgIpc) is 3.20. The highest BCUT2D eigenvalue weighted by Gasteiger charge is 2.23. The molecule has 0 saturated carbocycles. The summed E-state index contributed by atoms with van der Waals surface area (Å²) < 4.78 is 26.6. The summed E-state index contributed by atoms with van der Waals surface area (Å²) in [7, 11) is 4.62. The van der Waals surface area contributed by atoms with Crippen LogP contribution in [-0.4, -0.2) is 49.8 Å². The maximum atomic E-state index is 13.4. The molecule has 0 aliphatic heterocycles. The minimum Gasteiger partial charge on any atom is -0.469 e. The lowest BCUT2D eigenvalue weighted by molar-refractivity contribution is -0.139. The zero-order chi connectivity index (χ0) is 19.8. The summed E-state index contributed by atoms with van der Waals surface area (Å²) in [5, 5.41) is 17.6. The second kappa shape index (κ2) is 6.97. The van der Waals surface area contributed by atoms with E-state index in [-0.39, 0.29) is 18.8 Å². The highest BCUT2D eigenvalue weighted by atomic mass is 19.1. The van der Waals surface area contributed by atoms with Crippen LogP contribution in [-0.2, 0) is 34.3 Å². The Morgan fingerprint density at radius 3 is 2.54 bits per heavy atom. The van der Waals surface area contributed by atoms with E-state index >= 15 is 0 Å². The molecule has 0 aliphatic carbocycles. The van der Waals surface area contributed by atoms with Crippen LogP contribution in [0.1, 0.15) is 11.4 Å². The number of nitrogens with zero attached hydrogens (tertiary/aromatic N) is 6. The third-order valence-electron chi connectivity index (χ3n) is 4.39. The summed E-state index contributed by atoms with van der Waals surface area (Å²) >= 11 is 0. The summed E-state index contributed by atoms with van der Waals surface area (Å²) in [6, 6.07) is 6.06. The van der Waals surface area contributed by atoms with Crippen molar-refractivity contribution in [1.82, 2.24) is 29.6 Å². The van der Waals surface area contributed by atoms with Gasteiger partial charge in [0.15, 0.2) is 16.8 Å². The highest BCUT2D eigenvalue weighted by molar-refractivity contribution is 5.86. The number of rotatable bonds is 5. The third kappa shape index (κ3) is 2.87. The molecule has 0 N–H and O–H groups in total. The standard InChI is InChI=1S/C18H17FN6O3/c1-24-18-16(12(22-24)8-14(26)28-3)20-21-17-15(10-4-6-11(19)7-5-10)13(9-27-2)23-25(17)18/h4-7H,8-9H2,1-3H3. The molecule has 28 heavy (non-hydrogen) atoms.